The van der Waals surface area contributed by atoms with E-state index in [-0.39, 0.29) is 6.10 Å². The number of carbonyl (C=O) groups excluding carboxylic acids is 1. The van der Waals surface area contributed by atoms with E-state index in [2.05, 4.69) is 10.6 Å². The molecule has 0 atom stereocenters. The second-order valence-corrected chi connectivity index (χ2v) is 3.79. The summed E-state index contributed by atoms with van der Waals surface area (Å²) in [5, 5.41) is 5.69. The standard InChI is InChI=1S/C12H16N2O3/c1-2-14-12(15)17-10-5-3-9(4-6-10)16-11-7-13-8-11/h3-6,11,13H,2,7-8H2,1H3,(H,14,15). The van der Waals surface area contributed by atoms with E-state index in [0.717, 1.165) is 18.8 Å². The average Bonchev–Trinajstić information content (AvgIpc) is 2.26. The van der Waals surface area contributed by atoms with E-state index in [9.17, 15) is 4.79 Å². The van der Waals surface area contributed by atoms with Gasteiger partial charge in [0.1, 0.15) is 17.6 Å². The van der Waals surface area contributed by atoms with Crippen LogP contribution in [0.25, 0.3) is 0 Å². The van der Waals surface area contributed by atoms with Crippen LogP contribution >= 0.6 is 0 Å². The van der Waals surface area contributed by atoms with Crippen molar-refractivity contribution in [2.24, 2.45) is 0 Å². The molecule has 2 rings (SSSR count). The molecule has 0 radical (unpaired) electrons. The fourth-order valence-electron chi connectivity index (χ4n) is 1.41. The van der Waals surface area contributed by atoms with Gasteiger partial charge in [-0.3, -0.25) is 0 Å². The number of ether oxygens (including phenoxy) is 2. The molecule has 0 spiro atoms. The molecule has 92 valence electrons. The van der Waals surface area contributed by atoms with Gasteiger partial charge in [0.2, 0.25) is 0 Å². The Morgan fingerprint density at radius 2 is 2.00 bits per heavy atom. The van der Waals surface area contributed by atoms with Gasteiger partial charge >= 0.3 is 6.09 Å². The minimum absolute atomic E-state index is 0.255. The Bertz CT molecular complexity index is 374. The van der Waals surface area contributed by atoms with Crippen molar-refractivity contribution in [2.45, 2.75) is 13.0 Å². The zero-order valence-corrected chi connectivity index (χ0v) is 9.73. The summed E-state index contributed by atoms with van der Waals surface area (Å²) in [4.78, 5) is 11.2. The zero-order valence-electron chi connectivity index (χ0n) is 9.73. The number of hydrogen-bond donors (Lipinski definition) is 2. The molecule has 0 aromatic heterocycles. The first-order chi connectivity index (χ1) is 8.28. The maximum absolute atomic E-state index is 11.2. The first-order valence-electron chi connectivity index (χ1n) is 5.71. The molecule has 1 aromatic rings. The summed E-state index contributed by atoms with van der Waals surface area (Å²) < 4.78 is 10.7. The summed E-state index contributed by atoms with van der Waals surface area (Å²) in [7, 11) is 0. The first kappa shape index (κ1) is 11.7. The Kier molecular flexibility index (Phi) is 3.82. The van der Waals surface area contributed by atoms with Gasteiger partial charge in [0.25, 0.3) is 0 Å². The summed E-state index contributed by atoms with van der Waals surface area (Å²) in [5.74, 6) is 1.30. The molecule has 0 saturated carbocycles. The van der Waals surface area contributed by atoms with Gasteiger partial charge in [-0.1, -0.05) is 0 Å². The second-order valence-electron chi connectivity index (χ2n) is 3.79. The molecule has 0 unspecified atom stereocenters. The Morgan fingerprint density at radius 3 is 2.53 bits per heavy atom. The summed E-state index contributed by atoms with van der Waals surface area (Å²) in [5.41, 5.74) is 0. The van der Waals surface area contributed by atoms with E-state index in [0.29, 0.717) is 12.3 Å². The lowest BCUT2D eigenvalue weighted by Gasteiger charge is -2.27. The van der Waals surface area contributed by atoms with Crippen LogP contribution in [0.1, 0.15) is 6.92 Å². The van der Waals surface area contributed by atoms with Crippen LogP contribution in [-0.4, -0.2) is 31.8 Å². The van der Waals surface area contributed by atoms with Gasteiger partial charge in [-0.2, -0.15) is 0 Å². The highest BCUT2D eigenvalue weighted by Crippen LogP contribution is 2.19. The van der Waals surface area contributed by atoms with Gasteiger partial charge in [0.05, 0.1) is 0 Å². The van der Waals surface area contributed by atoms with E-state index in [4.69, 9.17) is 9.47 Å². The Labute approximate surface area is 100 Å². The van der Waals surface area contributed by atoms with Crippen LogP contribution in [0.2, 0.25) is 0 Å². The number of rotatable bonds is 4. The molecule has 0 aliphatic carbocycles. The molecule has 5 heteroatoms. The predicted molar refractivity (Wildman–Crippen MR) is 63.4 cm³/mol. The van der Waals surface area contributed by atoms with Crippen molar-refractivity contribution in [3.05, 3.63) is 24.3 Å². The molecule has 1 aliphatic rings. The molecule has 1 saturated heterocycles. The topological polar surface area (TPSA) is 59.6 Å². The quantitative estimate of drug-likeness (QED) is 0.823. The molecule has 1 aromatic carbocycles. The van der Waals surface area contributed by atoms with Gasteiger partial charge in [0, 0.05) is 19.6 Å². The third kappa shape index (κ3) is 3.35. The number of benzene rings is 1. The van der Waals surface area contributed by atoms with Gasteiger partial charge in [-0.05, 0) is 31.2 Å². The third-order valence-corrected chi connectivity index (χ3v) is 2.40. The van der Waals surface area contributed by atoms with Crippen LogP contribution in [0.3, 0.4) is 0 Å². The van der Waals surface area contributed by atoms with Gasteiger partial charge < -0.3 is 20.1 Å². The molecule has 1 heterocycles. The fourth-order valence-corrected chi connectivity index (χ4v) is 1.41. The SMILES string of the molecule is CCNC(=O)Oc1ccc(OC2CNC2)cc1. The van der Waals surface area contributed by atoms with Crippen LogP contribution in [0.4, 0.5) is 4.79 Å². The molecular weight excluding hydrogens is 220 g/mol. The normalized spacial score (nSPS) is 14.9. The number of hydrogen-bond acceptors (Lipinski definition) is 4. The second kappa shape index (κ2) is 5.54. The molecule has 0 bridgehead atoms. The summed E-state index contributed by atoms with van der Waals surface area (Å²) in [6.07, 6.45) is -0.186. The van der Waals surface area contributed by atoms with Crippen molar-refractivity contribution < 1.29 is 14.3 Å². The van der Waals surface area contributed by atoms with Crippen molar-refractivity contribution in [1.82, 2.24) is 10.6 Å². The predicted octanol–water partition coefficient (Wildman–Crippen LogP) is 1.15. The lowest BCUT2D eigenvalue weighted by Crippen LogP contribution is -2.50. The van der Waals surface area contributed by atoms with Crippen LogP contribution in [0.5, 0.6) is 11.5 Å². The molecule has 17 heavy (non-hydrogen) atoms. The van der Waals surface area contributed by atoms with Crippen LogP contribution in [-0.2, 0) is 0 Å². The summed E-state index contributed by atoms with van der Waals surface area (Å²) in [6.45, 7) is 4.16. The summed E-state index contributed by atoms with van der Waals surface area (Å²) in [6, 6.07) is 7.03. The number of carbonyl (C=O) groups is 1. The highest BCUT2D eigenvalue weighted by molar-refractivity contribution is 5.70. The smallest absolute Gasteiger partial charge is 0.412 e. The minimum atomic E-state index is -0.440. The number of amides is 1. The van der Waals surface area contributed by atoms with Crippen LogP contribution in [0.15, 0.2) is 24.3 Å². The van der Waals surface area contributed by atoms with Gasteiger partial charge in [-0.15, -0.1) is 0 Å². The van der Waals surface area contributed by atoms with E-state index in [1.54, 1.807) is 24.3 Å². The molecule has 2 N–H and O–H groups in total. The Hall–Kier alpha value is -1.75. The van der Waals surface area contributed by atoms with E-state index >= 15 is 0 Å². The van der Waals surface area contributed by atoms with Gasteiger partial charge in [0.15, 0.2) is 0 Å². The highest BCUT2D eigenvalue weighted by Gasteiger charge is 2.18. The van der Waals surface area contributed by atoms with Crippen LogP contribution in [0, 0.1) is 0 Å². The first-order valence-corrected chi connectivity index (χ1v) is 5.71. The monoisotopic (exact) mass is 236 g/mol. The maximum Gasteiger partial charge on any atom is 0.412 e. The Balaban J connectivity index is 1.86. The molecule has 1 fully saturated rings. The van der Waals surface area contributed by atoms with Crippen molar-refractivity contribution in [2.75, 3.05) is 19.6 Å². The molecular formula is C12H16N2O3. The van der Waals surface area contributed by atoms with Crippen molar-refractivity contribution in [1.29, 1.82) is 0 Å². The molecule has 1 amide bonds. The fraction of sp³-hybridized carbons (Fsp3) is 0.417. The lowest BCUT2D eigenvalue weighted by molar-refractivity contribution is 0.142. The average molecular weight is 236 g/mol. The van der Waals surface area contributed by atoms with Crippen molar-refractivity contribution in [3.63, 3.8) is 0 Å². The molecule has 5 nitrogen and oxygen atoms in total. The van der Waals surface area contributed by atoms with E-state index in [1.807, 2.05) is 6.92 Å². The van der Waals surface area contributed by atoms with Gasteiger partial charge in [-0.25, -0.2) is 4.79 Å². The highest BCUT2D eigenvalue weighted by atomic mass is 16.6. The summed E-state index contributed by atoms with van der Waals surface area (Å²) >= 11 is 0. The number of nitrogens with one attached hydrogen (secondary N) is 2. The lowest BCUT2D eigenvalue weighted by atomic mass is 10.2. The van der Waals surface area contributed by atoms with E-state index < -0.39 is 6.09 Å². The van der Waals surface area contributed by atoms with E-state index in [1.165, 1.54) is 0 Å². The van der Waals surface area contributed by atoms with Crippen molar-refractivity contribution >= 4 is 6.09 Å². The zero-order chi connectivity index (χ0) is 12.1. The van der Waals surface area contributed by atoms with Crippen molar-refractivity contribution in [3.8, 4) is 11.5 Å². The largest absolute Gasteiger partial charge is 0.488 e. The maximum atomic E-state index is 11.2. The molecule has 1 aliphatic heterocycles. The van der Waals surface area contributed by atoms with Crippen LogP contribution < -0.4 is 20.1 Å². The Morgan fingerprint density at radius 1 is 1.35 bits per heavy atom. The third-order valence-electron chi connectivity index (χ3n) is 2.40. The minimum Gasteiger partial charge on any atom is -0.488 e.